The van der Waals surface area contributed by atoms with E-state index in [2.05, 4.69) is 30.2 Å². The molecule has 0 spiro atoms. The monoisotopic (exact) mass is 433 g/mol. The zero-order chi connectivity index (χ0) is 21.8. The van der Waals surface area contributed by atoms with Gasteiger partial charge in [0.1, 0.15) is 11.7 Å². The van der Waals surface area contributed by atoms with Crippen LogP contribution in [0.5, 0.6) is 0 Å². The topological polar surface area (TPSA) is 123 Å². The molecule has 1 aliphatic heterocycles. The first-order valence-electron chi connectivity index (χ1n) is 9.87. The van der Waals surface area contributed by atoms with Crippen molar-refractivity contribution >= 4 is 11.4 Å². The van der Waals surface area contributed by atoms with Crippen molar-refractivity contribution in [3.8, 4) is 11.6 Å². The summed E-state index contributed by atoms with van der Waals surface area (Å²) in [6.45, 7) is 0.371. The number of imidazole rings is 2. The highest BCUT2D eigenvalue weighted by Gasteiger charge is 2.38. The molecule has 0 saturated heterocycles. The van der Waals surface area contributed by atoms with E-state index in [4.69, 9.17) is 4.42 Å². The van der Waals surface area contributed by atoms with E-state index in [1.54, 1.807) is 46.5 Å². The van der Waals surface area contributed by atoms with Crippen LogP contribution in [-0.2, 0) is 13.5 Å². The standard InChI is InChI=1S/C20H16FN9O2/c1-28-8-14(24-10-28)18-25-26-19(32-18)20(31)29-6-5-12-16(23-9-22-12)17(29)13-7-11-3-2-4-15(21)30(11)27-13/h2-4,7-10,17H,5-6H2,1H3,(H,22,23)/t17-/m1/s1. The first kappa shape index (κ1) is 18.4. The maximum absolute atomic E-state index is 14.2. The number of nitrogens with one attached hydrogen (secondary N) is 1. The number of H-pyrrole nitrogens is 1. The lowest BCUT2D eigenvalue weighted by molar-refractivity contribution is 0.0646. The summed E-state index contributed by atoms with van der Waals surface area (Å²) in [5, 5.41) is 12.3. The molecular weight excluding hydrogens is 417 g/mol. The van der Waals surface area contributed by atoms with Crippen molar-refractivity contribution in [2.45, 2.75) is 12.5 Å². The lowest BCUT2D eigenvalue weighted by atomic mass is 9.99. The Morgan fingerprint density at radius 1 is 1.28 bits per heavy atom. The van der Waals surface area contributed by atoms with Crippen LogP contribution in [0.3, 0.4) is 0 Å². The minimum Gasteiger partial charge on any atom is -0.411 e. The number of carbonyl (C=O) groups excluding carboxylic acids is 1. The number of nitrogens with zero attached hydrogens (tertiary/aromatic N) is 8. The van der Waals surface area contributed by atoms with E-state index in [0.717, 1.165) is 5.69 Å². The number of aromatic nitrogens is 8. The molecule has 0 radical (unpaired) electrons. The van der Waals surface area contributed by atoms with Crippen LogP contribution in [0.25, 0.3) is 17.1 Å². The van der Waals surface area contributed by atoms with Crippen molar-refractivity contribution < 1.29 is 13.6 Å². The smallest absolute Gasteiger partial charge is 0.312 e. The molecule has 0 unspecified atom stereocenters. The van der Waals surface area contributed by atoms with Crippen molar-refractivity contribution in [3.63, 3.8) is 0 Å². The largest absolute Gasteiger partial charge is 0.411 e. The van der Waals surface area contributed by atoms with Crippen LogP contribution in [0.15, 0.2) is 47.5 Å². The Morgan fingerprint density at radius 3 is 3.00 bits per heavy atom. The van der Waals surface area contributed by atoms with Crippen molar-refractivity contribution in [2.75, 3.05) is 6.54 Å². The van der Waals surface area contributed by atoms with Gasteiger partial charge in [0, 0.05) is 31.9 Å². The van der Waals surface area contributed by atoms with Gasteiger partial charge in [-0.3, -0.25) is 4.79 Å². The zero-order valence-corrected chi connectivity index (χ0v) is 16.8. The number of aryl methyl sites for hydroxylation is 1. The zero-order valence-electron chi connectivity index (χ0n) is 16.8. The third-order valence-corrected chi connectivity index (χ3v) is 5.46. The molecule has 160 valence electrons. The highest BCUT2D eigenvalue weighted by molar-refractivity contribution is 5.90. The highest BCUT2D eigenvalue weighted by atomic mass is 19.1. The summed E-state index contributed by atoms with van der Waals surface area (Å²) in [5.41, 5.74) is 3.08. The van der Waals surface area contributed by atoms with Crippen molar-refractivity contribution in [2.24, 2.45) is 7.05 Å². The molecule has 0 aromatic carbocycles. The molecule has 1 N–H and O–H groups in total. The fourth-order valence-corrected chi connectivity index (χ4v) is 3.99. The van der Waals surface area contributed by atoms with Crippen molar-refractivity contribution in [1.29, 1.82) is 0 Å². The van der Waals surface area contributed by atoms with Gasteiger partial charge in [-0.1, -0.05) is 6.07 Å². The second-order valence-corrected chi connectivity index (χ2v) is 7.51. The number of rotatable bonds is 3. The van der Waals surface area contributed by atoms with Gasteiger partial charge in [0.25, 0.3) is 5.89 Å². The van der Waals surface area contributed by atoms with Crippen LogP contribution in [0.1, 0.15) is 33.8 Å². The van der Waals surface area contributed by atoms with E-state index < -0.39 is 17.9 Å². The van der Waals surface area contributed by atoms with Gasteiger partial charge in [0.2, 0.25) is 5.95 Å². The van der Waals surface area contributed by atoms with E-state index in [0.29, 0.717) is 35.6 Å². The van der Waals surface area contributed by atoms with Crippen LogP contribution >= 0.6 is 0 Å². The van der Waals surface area contributed by atoms with Gasteiger partial charge in [0.15, 0.2) is 0 Å². The van der Waals surface area contributed by atoms with Crippen molar-refractivity contribution in [1.82, 2.24) is 44.2 Å². The number of amides is 1. The Kier molecular flexibility index (Phi) is 3.93. The summed E-state index contributed by atoms with van der Waals surface area (Å²) in [7, 11) is 1.82. The van der Waals surface area contributed by atoms with Gasteiger partial charge >= 0.3 is 11.8 Å². The minimum absolute atomic E-state index is 0.151. The average Bonchev–Trinajstić information content (AvgIpc) is 3.57. The van der Waals surface area contributed by atoms with Gasteiger partial charge in [-0.15, -0.1) is 10.2 Å². The molecule has 0 aliphatic carbocycles. The average molecular weight is 433 g/mol. The summed E-state index contributed by atoms with van der Waals surface area (Å²) in [5.74, 6) is -0.972. The van der Waals surface area contributed by atoms with E-state index >= 15 is 0 Å². The quantitative estimate of drug-likeness (QED) is 0.430. The molecular formula is C20H16FN9O2. The van der Waals surface area contributed by atoms with Gasteiger partial charge in [0.05, 0.1) is 29.6 Å². The molecule has 5 aromatic rings. The molecule has 0 bridgehead atoms. The Bertz CT molecular complexity index is 1460. The second kappa shape index (κ2) is 6.83. The SMILES string of the molecule is Cn1cnc(-c2nnc(C(=O)N3CCc4[nH]cnc4[C@H]3c3cc4cccc(F)n4n3)o2)c1. The number of halogens is 1. The van der Waals surface area contributed by atoms with Crippen LogP contribution in [0, 0.1) is 5.95 Å². The number of hydrogen-bond donors (Lipinski definition) is 1. The number of pyridine rings is 1. The van der Waals surface area contributed by atoms with E-state index in [-0.39, 0.29) is 11.8 Å². The summed E-state index contributed by atoms with van der Waals surface area (Å²) in [6, 6.07) is 5.78. The number of fused-ring (bicyclic) bond motifs is 2. The summed E-state index contributed by atoms with van der Waals surface area (Å²) >= 11 is 0. The molecule has 6 rings (SSSR count). The van der Waals surface area contributed by atoms with Gasteiger partial charge in [-0.25, -0.2) is 14.5 Å². The molecule has 1 atom stereocenters. The molecule has 12 heteroatoms. The molecule has 32 heavy (non-hydrogen) atoms. The molecule has 1 aliphatic rings. The maximum atomic E-state index is 14.2. The molecule has 6 heterocycles. The molecule has 0 saturated carbocycles. The minimum atomic E-state index is -0.637. The first-order valence-corrected chi connectivity index (χ1v) is 9.87. The fourth-order valence-electron chi connectivity index (χ4n) is 3.99. The Morgan fingerprint density at radius 2 is 2.19 bits per heavy atom. The van der Waals surface area contributed by atoms with E-state index in [9.17, 15) is 9.18 Å². The number of carbonyl (C=O) groups is 1. The lowest BCUT2D eigenvalue weighted by Crippen LogP contribution is -2.41. The first-order chi connectivity index (χ1) is 15.6. The van der Waals surface area contributed by atoms with Crippen LogP contribution < -0.4 is 0 Å². The normalized spacial score (nSPS) is 15.9. The Labute approximate surface area is 179 Å². The van der Waals surface area contributed by atoms with E-state index in [1.165, 1.54) is 10.6 Å². The number of aromatic amines is 1. The summed E-state index contributed by atoms with van der Waals surface area (Å²) < 4.78 is 22.8. The third kappa shape index (κ3) is 2.80. The lowest BCUT2D eigenvalue weighted by Gasteiger charge is -2.32. The molecule has 0 fully saturated rings. The van der Waals surface area contributed by atoms with Gasteiger partial charge in [-0.2, -0.15) is 9.49 Å². The summed E-state index contributed by atoms with van der Waals surface area (Å²) in [6.07, 6.45) is 5.46. The van der Waals surface area contributed by atoms with Crippen LogP contribution in [0.2, 0.25) is 0 Å². The van der Waals surface area contributed by atoms with Gasteiger partial charge < -0.3 is 18.9 Å². The molecule has 1 amide bonds. The second-order valence-electron chi connectivity index (χ2n) is 7.51. The van der Waals surface area contributed by atoms with E-state index in [1.807, 2.05) is 7.05 Å². The predicted molar refractivity (Wildman–Crippen MR) is 107 cm³/mol. The Hall–Kier alpha value is -4.35. The van der Waals surface area contributed by atoms with Crippen LogP contribution in [-0.4, -0.2) is 56.7 Å². The summed E-state index contributed by atoms with van der Waals surface area (Å²) in [4.78, 5) is 26.7. The Balaban J connectivity index is 1.41. The maximum Gasteiger partial charge on any atom is 0.312 e. The molecule has 11 nitrogen and oxygen atoms in total. The predicted octanol–water partition coefficient (Wildman–Crippen LogP) is 1.77. The van der Waals surface area contributed by atoms with Crippen molar-refractivity contribution in [3.05, 3.63) is 72.0 Å². The number of hydrogen-bond acceptors (Lipinski definition) is 7. The van der Waals surface area contributed by atoms with Crippen LogP contribution in [0.4, 0.5) is 4.39 Å². The molecule has 5 aromatic heterocycles. The fraction of sp³-hybridized carbons (Fsp3) is 0.200. The highest BCUT2D eigenvalue weighted by Crippen LogP contribution is 2.34. The third-order valence-electron chi connectivity index (χ3n) is 5.46. The van der Waals surface area contributed by atoms with Gasteiger partial charge in [-0.05, 0) is 18.2 Å².